The third-order valence-corrected chi connectivity index (χ3v) is 4.24. The first-order chi connectivity index (χ1) is 9.70. The van der Waals surface area contributed by atoms with E-state index in [0.29, 0.717) is 11.4 Å². The first-order valence-corrected chi connectivity index (χ1v) is 7.33. The van der Waals surface area contributed by atoms with Crippen LogP contribution in [0.3, 0.4) is 0 Å². The highest BCUT2D eigenvalue weighted by Gasteiger charge is 2.15. The molecule has 5 heteroatoms. The summed E-state index contributed by atoms with van der Waals surface area (Å²) in [5.41, 5.74) is 0.955. The molecule has 0 aromatic heterocycles. The van der Waals surface area contributed by atoms with Crippen molar-refractivity contribution in [3.05, 3.63) is 66.0 Å². The normalized spacial score (nSPS) is 12.6. The molecule has 0 heterocycles. The largest absolute Gasteiger partial charge is 0.250 e. The van der Waals surface area contributed by atoms with Crippen molar-refractivity contribution < 1.29 is 13.0 Å². The number of hydrogen-bond donors (Lipinski definition) is 0. The van der Waals surface area contributed by atoms with E-state index in [9.17, 15) is 13.0 Å². The molecular weight excluding hydrogens is 280 g/mol. The molecular formula is C15H15F2NOS. The lowest BCUT2D eigenvalue weighted by molar-refractivity contribution is 0.369. The predicted octanol–water partition coefficient (Wildman–Crippen LogP) is 3.32. The van der Waals surface area contributed by atoms with Crippen LogP contribution >= 0.6 is 0 Å². The fraction of sp³-hybridized carbons (Fsp3) is 0.200. The Labute approximate surface area is 119 Å². The van der Waals surface area contributed by atoms with Gasteiger partial charge in [0.2, 0.25) is 0 Å². The van der Waals surface area contributed by atoms with E-state index in [0.717, 1.165) is 5.56 Å². The predicted molar refractivity (Wildman–Crippen MR) is 75.6 cm³/mol. The maximum absolute atomic E-state index is 12.9. The minimum atomic E-state index is -1.50. The van der Waals surface area contributed by atoms with Crippen LogP contribution < -0.4 is 0 Å². The topological polar surface area (TPSA) is 20.3 Å². The minimum Gasteiger partial charge on any atom is -0.250 e. The van der Waals surface area contributed by atoms with Crippen molar-refractivity contribution in [2.45, 2.75) is 11.4 Å². The number of benzene rings is 2. The first-order valence-electron chi connectivity index (χ1n) is 6.23. The van der Waals surface area contributed by atoms with E-state index in [1.807, 2.05) is 30.3 Å². The molecule has 0 saturated carbocycles. The summed E-state index contributed by atoms with van der Waals surface area (Å²) in [5, 5.41) is 0. The van der Waals surface area contributed by atoms with Crippen LogP contribution in [0.5, 0.6) is 0 Å². The van der Waals surface area contributed by atoms with Crippen molar-refractivity contribution in [1.29, 1.82) is 0 Å². The molecule has 1 unspecified atom stereocenters. The highest BCUT2D eigenvalue weighted by molar-refractivity contribution is 7.82. The summed E-state index contributed by atoms with van der Waals surface area (Å²) in [7, 11) is -1.50. The molecule has 20 heavy (non-hydrogen) atoms. The van der Waals surface area contributed by atoms with Crippen molar-refractivity contribution >= 4 is 11.0 Å². The molecule has 0 fully saturated rings. The van der Waals surface area contributed by atoms with E-state index in [4.69, 9.17) is 0 Å². The fourth-order valence-corrected chi connectivity index (χ4v) is 2.97. The lowest BCUT2D eigenvalue weighted by Gasteiger charge is -2.19. The van der Waals surface area contributed by atoms with E-state index >= 15 is 0 Å². The molecule has 0 amide bonds. The maximum atomic E-state index is 12.9. The highest BCUT2D eigenvalue weighted by Crippen LogP contribution is 2.15. The van der Waals surface area contributed by atoms with E-state index in [1.165, 1.54) is 28.6 Å². The van der Waals surface area contributed by atoms with Gasteiger partial charge >= 0.3 is 0 Å². The van der Waals surface area contributed by atoms with Crippen molar-refractivity contribution in [3.63, 3.8) is 0 Å². The Morgan fingerprint density at radius 1 is 1.00 bits per heavy atom. The van der Waals surface area contributed by atoms with Gasteiger partial charge in [0.05, 0.1) is 4.90 Å². The van der Waals surface area contributed by atoms with Gasteiger partial charge in [0.15, 0.2) is 0 Å². The van der Waals surface area contributed by atoms with Crippen molar-refractivity contribution in [1.82, 2.24) is 4.31 Å². The van der Waals surface area contributed by atoms with Gasteiger partial charge in [-0.05, 0) is 29.8 Å². The monoisotopic (exact) mass is 295 g/mol. The van der Waals surface area contributed by atoms with Crippen LogP contribution in [0.4, 0.5) is 8.78 Å². The molecule has 106 valence electrons. The second-order valence-electron chi connectivity index (χ2n) is 4.24. The molecule has 0 radical (unpaired) electrons. The second-order valence-corrected chi connectivity index (χ2v) is 5.73. The summed E-state index contributed by atoms with van der Waals surface area (Å²) in [6.45, 7) is -0.132. The molecule has 0 aliphatic heterocycles. The summed E-state index contributed by atoms with van der Waals surface area (Å²) in [6.07, 6.45) is 0. The number of nitrogens with zero attached hydrogens (tertiary/aromatic N) is 1. The Bertz CT molecular complexity index is 560. The van der Waals surface area contributed by atoms with Gasteiger partial charge in [0.1, 0.15) is 23.5 Å². The number of halogens is 2. The Kier molecular flexibility index (Phi) is 5.38. The van der Waals surface area contributed by atoms with Crippen molar-refractivity contribution in [2.75, 3.05) is 13.2 Å². The van der Waals surface area contributed by atoms with Gasteiger partial charge in [-0.15, -0.1) is 0 Å². The molecule has 2 aromatic rings. The minimum absolute atomic E-state index is 0.0683. The van der Waals surface area contributed by atoms with E-state index in [1.54, 1.807) is 0 Å². The molecule has 2 nitrogen and oxygen atoms in total. The smallest absolute Gasteiger partial charge is 0.128 e. The van der Waals surface area contributed by atoms with Gasteiger partial charge in [0.25, 0.3) is 0 Å². The van der Waals surface area contributed by atoms with Crippen LogP contribution in [0.1, 0.15) is 5.56 Å². The molecule has 0 aliphatic rings. The average molecular weight is 295 g/mol. The Morgan fingerprint density at radius 3 is 2.25 bits per heavy atom. The lowest BCUT2D eigenvalue weighted by atomic mass is 10.2. The Hall–Kier alpha value is -1.59. The van der Waals surface area contributed by atoms with E-state index in [-0.39, 0.29) is 12.4 Å². The van der Waals surface area contributed by atoms with Crippen LogP contribution in [-0.2, 0) is 17.5 Å². The molecule has 1 atom stereocenters. The third kappa shape index (κ3) is 3.95. The van der Waals surface area contributed by atoms with Gasteiger partial charge in [-0.1, -0.05) is 30.3 Å². The Morgan fingerprint density at radius 2 is 1.65 bits per heavy atom. The first kappa shape index (κ1) is 14.8. The summed E-state index contributed by atoms with van der Waals surface area (Å²) in [5.74, 6) is -0.383. The maximum Gasteiger partial charge on any atom is 0.128 e. The standard InChI is InChI=1S/C15H15F2NOS/c16-10-11-18(12-13-4-2-1-3-5-13)20(19)15-8-6-14(17)7-9-15/h1-9H,10-12H2. The molecule has 2 aromatic carbocycles. The van der Waals surface area contributed by atoms with Gasteiger partial charge in [-0.3, -0.25) is 0 Å². The molecule has 0 saturated heterocycles. The zero-order valence-electron chi connectivity index (χ0n) is 10.8. The summed E-state index contributed by atoms with van der Waals surface area (Å²) in [4.78, 5) is 0.468. The molecule has 0 aliphatic carbocycles. The number of rotatable bonds is 6. The summed E-state index contributed by atoms with van der Waals surface area (Å²) < 4.78 is 39.5. The zero-order valence-corrected chi connectivity index (χ0v) is 11.7. The van der Waals surface area contributed by atoms with Crippen LogP contribution in [-0.4, -0.2) is 21.7 Å². The summed E-state index contributed by atoms with van der Waals surface area (Å²) >= 11 is 0. The van der Waals surface area contributed by atoms with Crippen LogP contribution in [0.2, 0.25) is 0 Å². The lowest BCUT2D eigenvalue weighted by Crippen LogP contribution is -2.28. The average Bonchev–Trinajstić information content (AvgIpc) is 2.48. The fourth-order valence-electron chi connectivity index (χ4n) is 1.80. The van der Waals surface area contributed by atoms with Gasteiger partial charge in [0, 0.05) is 13.1 Å². The van der Waals surface area contributed by atoms with Crippen molar-refractivity contribution in [3.8, 4) is 0 Å². The third-order valence-electron chi connectivity index (χ3n) is 2.79. The highest BCUT2D eigenvalue weighted by atomic mass is 32.2. The van der Waals surface area contributed by atoms with Gasteiger partial charge in [-0.25, -0.2) is 17.3 Å². The molecule has 0 spiro atoms. The molecule has 0 N–H and O–H groups in total. The van der Waals surface area contributed by atoms with Gasteiger partial charge in [-0.2, -0.15) is 0 Å². The summed E-state index contributed by atoms with van der Waals surface area (Å²) in [6, 6.07) is 14.9. The second kappa shape index (κ2) is 7.26. The van der Waals surface area contributed by atoms with Crippen LogP contribution in [0, 0.1) is 5.82 Å². The molecule has 0 bridgehead atoms. The quantitative estimate of drug-likeness (QED) is 0.800. The van der Waals surface area contributed by atoms with Crippen LogP contribution in [0.15, 0.2) is 59.5 Å². The zero-order chi connectivity index (χ0) is 14.4. The number of alkyl halides is 1. The van der Waals surface area contributed by atoms with E-state index in [2.05, 4.69) is 0 Å². The SMILES string of the molecule is O=S(c1ccc(F)cc1)N(CCF)Cc1ccccc1. The van der Waals surface area contributed by atoms with Gasteiger partial charge < -0.3 is 0 Å². The Balaban J connectivity index is 2.15. The van der Waals surface area contributed by atoms with E-state index < -0.39 is 17.7 Å². The molecule has 2 rings (SSSR count). The van der Waals surface area contributed by atoms with Crippen LogP contribution in [0.25, 0.3) is 0 Å². The number of hydrogen-bond acceptors (Lipinski definition) is 1. The van der Waals surface area contributed by atoms with Crippen molar-refractivity contribution in [2.24, 2.45) is 0 Å².